The summed E-state index contributed by atoms with van der Waals surface area (Å²) >= 11 is 3.15. The number of hydrogen-bond acceptors (Lipinski definition) is 6. The molecule has 0 saturated carbocycles. The topological polar surface area (TPSA) is 65.4 Å². The monoisotopic (exact) mass is 323 g/mol. The second kappa shape index (κ2) is 4.96. The third kappa shape index (κ3) is 2.09. The summed E-state index contributed by atoms with van der Waals surface area (Å²) in [6, 6.07) is 0. The summed E-state index contributed by atoms with van der Waals surface area (Å²) in [5, 5.41) is 9.22. The number of anilines is 1. The van der Waals surface area contributed by atoms with E-state index in [4.69, 9.17) is 9.47 Å². The zero-order valence-electron chi connectivity index (χ0n) is 11.3. The molecule has 1 N–H and O–H groups in total. The maximum Gasteiger partial charge on any atom is 0.270 e. The molecule has 4 rings (SSSR count). The van der Waals surface area contributed by atoms with Crippen molar-refractivity contribution < 1.29 is 14.3 Å². The Morgan fingerprint density at radius 2 is 2.24 bits per heavy atom. The summed E-state index contributed by atoms with van der Waals surface area (Å²) in [7, 11) is 1.85. The van der Waals surface area contributed by atoms with E-state index in [9.17, 15) is 4.79 Å². The van der Waals surface area contributed by atoms with Gasteiger partial charge in [-0.1, -0.05) is 0 Å². The number of nitrogens with zero attached hydrogens (tertiary/aromatic N) is 2. The zero-order chi connectivity index (χ0) is 14.4. The first-order chi connectivity index (χ1) is 10.2. The second-order valence-electron chi connectivity index (χ2n) is 4.80. The Labute approximate surface area is 129 Å². The van der Waals surface area contributed by atoms with Crippen LogP contribution in [0.5, 0.6) is 11.5 Å². The number of ether oxygens (including phenoxy) is 2. The summed E-state index contributed by atoms with van der Waals surface area (Å²) < 4.78 is 12.8. The number of aryl methyl sites for hydroxylation is 1. The van der Waals surface area contributed by atoms with Crippen molar-refractivity contribution in [3.05, 3.63) is 21.5 Å². The van der Waals surface area contributed by atoms with E-state index in [1.54, 1.807) is 4.68 Å². The van der Waals surface area contributed by atoms with Crippen LogP contribution < -0.4 is 14.8 Å². The molecule has 110 valence electrons. The van der Waals surface area contributed by atoms with Crippen molar-refractivity contribution in [2.45, 2.75) is 11.5 Å². The fraction of sp³-hybridized carbons (Fsp3) is 0.385. The van der Waals surface area contributed by atoms with E-state index in [1.165, 1.54) is 11.3 Å². The van der Waals surface area contributed by atoms with Gasteiger partial charge in [0.05, 0.1) is 5.69 Å². The van der Waals surface area contributed by atoms with Gasteiger partial charge in [-0.25, -0.2) is 0 Å². The predicted molar refractivity (Wildman–Crippen MR) is 81.5 cm³/mol. The third-order valence-electron chi connectivity index (χ3n) is 3.45. The average Bonchev–Trinajstić information content (AvgIpc) is 3.15. The van der Waals surface area contributed by atoms with Crippen LogP contribution in [-0.4, -0.2) is 28.9 Å². The lowest BCUT2D eigenvalue weighted by molar-refractivity contribution is 0.102. The SMILES string of the molecule is Cn1nc2c(c1NC(=O)c1scc3c1OCCO3)CSC2. The smallest absolute Gasteiger partial charge is 0.270 e. The van der Waals surface area contributed by atoms with E-state index in [1.807, 2.05) is 24.2 Å². The van der Waals surface area contributed by atoms with Crippen molar-refractivity contribution in [3.63, 3.8) is 0 Å². The van der Waals surface area contributed by atoms with Crippen LogP contribution in [0.3, 0.4) is 0 Å². The normalized spacial score (nSPS) is 15.9. The molecule has 0 atom stereocenters. The molecule has 2 aromatic heterocycles. The van der Waals surface area contributed by atoms with E-state index < -0.39 is 0 Å². The Bertz CT molecular complexity index is 723. The van der Waals surface area contributed by atoms with Crippen LogP contribution in [0.15, 0.2) is 5.38 Å². The number of hydrogen-bond donors (Lipinski definition) is 1. The van der Waals surface area contributed by atoms with Crippen LogP contribution in [0.4, 0.5) is 5.82 Å². The first-order valence-corrected chi connectivity index (χ1v) is 8.58. The Morgan fingerprint density at radius 1 is 1.38 bits per heavy atom. The fourth-order valence-electron chi connectivity index (χ4n) is 2.48. The summed E-state index contributed by atoms with van der Waals surface area (Å²) in [6.45, 7) is 0.999. The van der Waals surface area contributed by atoms with Crippen molar-refractivity contribution in [1.29, 1.82) is 0 Å². The highest BCUT2D eigenvalue weighted by Gasteiger charge is 2.27. The fourth-order valence-corrected chi connectivity index (χ4v) is 4.34. The summed E-state index contributed by atoms with van der Waals surface area (Å²) in [4.78, 5) is 13.1. The molecule has 0 aliphatic carbocycles. The largest absolute Gasteiger partial charge is 0.485 e. The molecule has 8 heteroatoms. The van der Waals surface area contributed by atoms with E-state index >= 15 is 0 Å². The van der Waals surface area contributed by atoms with Gasteiger partial charge >= 0.3 is 0 Å². The molecular weight excluding hydrogens is 310 g/mol. The maximum atomic E-state index is 12.5. The lowest BCUT2D eigenvalue weighted by atomic mass is 10.2. The van der Waals surface area contributed by atoms with Gasteiger partial charge in [-0.3, -0.25) is 9.48 Å². The number of fused-ring (bicyclic) bond motifs is 2. The molecule has 0 saturated heterocycles. The van der Waals surface area contributed by atoms with E-state index in [0.717, 1.165) is 28.6 Å². The molecule has 6 nitrogen and oxygen atoms in total. The standard InChI is InChI=1S/C13H13N3O3S2/c1-16-12(7-4-20-5-8(7)15-16)14-13(17)11-10-9(6-21-11)18-2-3-19-10/h6H,2-5H2,1H3,(H,14,17). The molecule has 2 aliphatic heterocycles. The van der Waals surface area contributed by atoms with Gasteiger partial charge < -0.3 is 14.8 Å². The molecule has 1 amide bonds. The molecule has 0 aromatic carbocycles. The number of nitrogens with one attached hydrogen (secondary N) is 1. The van der Waals surface area contributed by atoms with E-state index in [-0.39, 0.29) is 5.91 Å². The van der Waals surface area contributed by atoms with Gasteiger partial charge in [-0.2, -0.15) is 16.9 Å². The lowest BCUT2D eigenvalue weighted by Crippen LogP contribution is -2.19. The molecule has 0 spiro atoms. The van der Waals surface area contributed by atoms with E-state index in [2.05, 4.69) is 10.4 Å². The van der Waals surface area contributed by atoms with Crippen LogP contribution in [0.25, 0.3) is 0 Å². The van der Waals surface area contributed by atoms with Gasteiger partial charge in [0.15, 0.2) is 11.5 Å². The van der Waals surface area contributed by atoms with Crippen molar-refractivity contribution in [2.24, 2.45) is 7.05 Å². The van der Waals surface area contributed by atoms with Crippen LogP contribution in [-0.2, 0) is 18.6 Å². The molecule has 0 bridgehead atoms. The Morgan fingerprint density at radius 3 is 3.14 bits per heavy atom. The minimum Gasteiger partial charge on any atom is -0.485 e. The number of thioether (sulfide) groups is 1. The Balaban J connectivity index is 1.63. The highest BCUT2D eigenvalue weighted by molar-refractivity contribution is 7.98. The molecule has 0 radical (unpaired) electrons. The summed E-state index contributed by atoms with van der Waals surface area (Å²) in [6.07, 6.45) is 0. The average molecular weight is 323 g/mol. The van der Waals surface area contributed by atoms with Gasteiger partial charge in [0.1, 0.15) is 23.9 Å². The van der Waals surface area contributed by atoms with Crippen molar-refractivity contribution in [2.75, 3.05) is 18.5 Å². The molecule has 0 unspecified atom stereocenters. The van der Waals surface area contributed by atoms with Crippen LogP contribution in [0.1, 0.15) is 20.9 Å². The van der Waals surface area contributed by atoms with Crippen LogP contribution >= 0.6 is 23.1 Å². The van der Waals surface area contributed by atoms with Crippen LogP contribution in [0.2, 0.25) is 0 Å². The number of carbonyl (C=O) groups excluding carboxylic acids is 1. The predicted octanol–water partition coefficient (Wildman–Crippen LogP) is 2.25. The number of carbonyl (C=O) groups is 1. The summed E-state index contributed by atoms with van der Waals surface area (Å²) in [5.74, 6) is 3.61. The molecular formula is C13H13N3O3S2. The van der Waals surface area contributed by atoms with Crippen molar-refractivity contribution in [1.82, 2.24) is 9.78 Å². The molecule has 0 fully saturated rings. The highest BCUT2D eigenvalue weighted by atomic mass is 32.2. The summed E-state index contributed by atoms with van der Waals surface area (Å²) in [5.41, 5.74) is 2.18. The number of aromatic nitrogens is 2. The van der Waals surface area contributed by atoms with Gasteiger partial charge in [-0.05, 0) is 0 Å². The van der Waals surface area contributed by atoms with Crippen molar-refractivity contribution >= 4 is 34.8 Å². The van der Waals surface area contributed by atoms with E-state index in [0.29, 0.717) is 29.6 Å². The Kier molecular flexibility index (Phi) is 3.07. The van der Waals surface area contributed by atoms with Gasteiger partial charge in [-0.15, -0.1) is 11.3 Å². The molecule has 2 aromatic rings. The minimum atomic E-state index is -0.172. The zero-order valence-corrected chi connectivity index (χ0v) is 13.0. The lowest BCUT2D eigenvalue weighted by Gasteiger charge is -2.16. The number of rotatable bonds is 2. The molecule has 21 heavy (non-hydrogen) atoms. The second-order valence-corrected chi connectivity index (χ2v) is 6.66. The molecule has 4 heterocycles. The minimum absolute atomic E-state index is 0.172. The number of amides is 1. The first-order valence-electron chi connectivity index (χ1n) is 6.55. The first kappa shape index (κ1) is 13.0. The third-order valence-corrected chi connectivity index (χ3v) is 5.36. The highest BCUT2D eigenvalue weighted by Crippen LogP contribution is 2.40. The van der Waals surface area contributed by atoms with Crippen molar-refractivity contribution in [3.8, 4) is 11.5 Å². The number of thiophene rings is 1. The van der Waals surface area contributed by atoms with Gasteiger partial charge in [0.25, 0.3) is 5.91 Å². The van der Waals surface area contributed by atoms with Crippen LogP contribution in [0, 0.1) is 0 Å². The molecule has 2 aliphatic rings. The Hall–Kier alpha value is -1.67. The quantitative estimate of drug-likeness (QED) is 0.918. The van der Waals surface area contributed by atoms with Gasteiger partial charge in [0, 0.05) is 29.5 Å². The van der Waals surface area contributed by atoms with Gasteiger partial charge in [0.2, 0.25) is 0 Å². The maximum absolute atomic E-state index is 12.5.